The summed E-state index contributed by atoms with van der Waals surface area (Å²) in [7, 11) is 0. The van der Waals surface area contributed by atoms with Crippen molar-refractivity contribution in [2.24, 2.45) is 5.92 Å². The van der Waals surface area contributed by atoms with E-state index in [0.29, 0.717) is 17.2 Å². The average Bonchev–Trinajstić information content (AvgIpc) is 2.97. The van der Waals surface area contributed by atoms with Gasteiger partial charge in [0.05, 0.1) is 21.5 Å². The van der Waals surface area contributed by atoms with Gasteiger partial charge in [-0.3, -0.25) is 4.79 Å². The van der Waals surface area contributed by atoms with Crippen molar-refractivity contribution in [1.82, 2.24) is 10.3 Å². The summed E-state index contributed by atoms with van der Waals surface area (Å²) in [5, 5.41) is 2.99. The minimum atomic E-state index is -4.49. The number of hydrogen-bond acceptors (Lipinski definition) is 4. The molecule has 0 bridgehead atoms. The number of thiazole rings is 1. The van der Waals surface area contributed by atoms with E-state index in [1.54, 1.807) is 0 Å². The molecule has 130 valence electrons. The van der Waals surface area contributed by atoms with Crippen molar-refractivity contribution in [1.29, 1.82) is 0 Å². The van der Waals surface area contributed by atoms with E-state index < -0.39 is 11.7 Å². The molecule has 0 atom stereocenters. The predicted molar refractivity (Wildman–Crippen MR) is 87.9 cm³/mol. The van der Waals surface area contributed by atoms with Gasteiger partial charge in [-0.2, -0.15) is 13.2 Å². The summed E-state index contributed by atoms with van der Waals surface area (Å²) in [5.41, 5.74) is 4.94. The lowest BCUT2D eigenvalue weighted by Gasteiger charge is -2.21. The Morgan fingerprint density at radius 2 is 2.00 bits per heavy atom. The number of alkyl halides is 3. The number of nitrogens with two attached hydrogens (primary N) is 1. The number of carbonyl (C=O) groups excluding carboxylic acids is 1. The molecule has 1 aliphatic carbocycles. The smallest absolute Gasteiger partial charge is 0.398 e. The number of nitrogens with one attached hydrogen (secondary N) is 1. The minimum Gasteiger partial charge on any atom is -0.398 e. The van der Waals surface area contributed by atoms with Crippen LogP contribution in [0.5, 0.6) is 0 Å². The SMILES string of the molecule is Nc1cc(C(F)(F)F)cc2nc(C(=O)NCC3CCCCC3)sc12. The maximum atomic E-state index is 12.8. The normalized spacial score (nSPS) is 16.5. The van der Waals surface area contributed by atoms with Crippen LogP contribution in [-0.4, -0.2) is 17.4 Å². The summed E-state index contributed by atoms with van der Waals surface area (Å²) in [6.45, 7) is 0.581. The van der Waals surface area contributed by atoms with Crippen LogP contribution in [0.2, 0.25) is 0 Å². The van der Waals surface area contributed by atoms with Crippen molar-refractivity contribution in [3.8, 4) is 0 Å². The molecule has 1 fully saturated rings. The number of benzene rings is 1. The van der Waals surface area contributed by atoms with Crippen molar-refractivity contribution in [2.75, 3.05) is 12.3 Å². The molecule has 1 aromatic heterocycles. The molecular weight excluding hydrogens is 339 g/mol. The lowest BCUT2D eigenvalue weighted by Crippen LogP contribution is -2.30. The van der Waals surface area contributed by atoms with E-state index in [-0.39, 0.29) is 22.1 Å². The van der Waals surface area contributed by atoms with Gasteiger partial charge >= 0.3 is 6.18 Å². The molecule has 1 aliphatic rings. The highest BCUT2D eigenvalue weighted by Crippen LogP contribution is 2.36. The number of amides is 1. The molecule has 0 radical (unpaired) electrons. The Hall–Kier alpha value is -1.83. The van der Waals surface area contributed by atoms with Crippen molar-refractivity contribution in [2.45, 2.75) is 38.3 Å². The molecule has 0 aliphatic heterocycles. The van der Waals surface area contributed by atoms with Gasteiger partial charge < -0.3 is 11.1 Å². The van der Waals surface area contributed by atoms with Gasteiger partial charge in [0.2, 0.25) is 0 Å². The Kier molecular flexibility index (Phi) is 4.67. The van der Waals surface area contributed by atoms with Gasteiger partial charge in [0.15, 0.2) is 5.01 Å². The van der Waals surface area contributed by atoms with Crippen LogP contribution in [0.15, 0.2) is 12.1 Å². The Balaban J connectivity index is 1.77. The second-order valence-electron chi connectivity index (χ2n) is 6.14. The van der Waals surface area contributed by atoms with Crippen LogP contribution < -0.4 is 11.1 Å². The zero-order chi connectivity index (χ0) is 17.3. The molecule has 0 saturated heterocycles. The van der Waals surface area contributed by atoms with E-state index >= 15 is 0 Å². The van der Waals surface area contributed by atoms with Gasteiger partial charge in [0.1, 0.15) is 0 Å². The molecule has 2 aromatic rings. The number of hydrogen-bond donors (Lipinski definition) is 2. The van der Waals surface area contributed by atoms with Crippen molar-refractivity contribution in [3.05, 3.63) is 22.7 Å². The van der Waals surface area contributed by atoms with Crippen LogP contribution in [0.4, 0.5) is 18.9 Å². The first kappa shape index (κ1) is 17.0. The Bertz CT molecular complexity index is 751. The summed E-state index contributed by atoms with van der Waals surface area (Å²) in [5.74, 6) is 0.119. The first-order valence-corrected chi connectivity index (χ1v) is 8.71. The Morgan fingerprint density at radius 1 is 1.29 bits per heavy atom. The largest absolute Gasteiger partial charge is 0.416 e. The van der Waals surface area contributed by atoms with E-state index in [2.05, 4.69) is 10.3 Å². The van der Waals surface area contributed by atoms with Gasteiger partial charge in [-0.15, -0.1) is 11.3 Å². The van der Waals surface area contributed by atoms with Crippen LogP contribution >= 0.6 is 11.3 Å². The van der Waals surface area contributed by atoms with Crippen molar-refractivity contribution < 1.29 is 18.0 Å². The number of nitrogen functional groups attached to an aromatic ring is 1. The van der Waals surface area contributed by atoms with Crippen LogP contribution in [0.25, 0.3) is 10.2 Å². The number of carbonyl (C=O) groups is 1. The number of anilines is 1. The third kappa shape index (κ3) is 3.63. The standard InChI is InChI=1S/C16H18F3N3OS/c17-16(18,19)10-6-11(20)13-12(7-10)22-15(24-13)14(23)21-8-9-4-2-1-3-5-9/h6-7,9H,1-5,8,20H2,(H,21,23). The molecule has 0 unspecified atom stereocenters. The summed E-state index contributed by atoms with van der Waals surface area (Å²) in [4.78, 5) is 16.3. The van der Waals surface area contributed by atoms with Gasteiger partial charge in [-0.1, -0.05) is 19.3 Å². The second kappa shape index (κ2) is 6.58. The van der Waals surface area contributed by atoms with Crippen LogP contribution in [0.1, 0.15) is 47.5 Å². The van der Waals surface area contributed by atoms with E-state index in [1.165, 1.54) is 19.3 Å². The number of rotatable bonds is 3. The second-order valence-corrected chi connectivity index (χ2v) is 7.14. The predicted octanol–water partition coefficient (Wildman–Crippen LogP) is 4.21. The Morgan fingerprint density at radius 3 is 2.67 bits per heavy atom. The third-order valence-corrected chi connectivity index (χ3v) is 5.44. The molecule has 4 nitrogen and oxygen atoms in total. The first-order valence-electron chi connectivity index (χ1n) is 7.90. The highest BCUT2D eigenvalue weighted by Gasteiger charge is 2.32. The third-order valence-electron chi connectivity index (χ3n) is 4.32. The summed E-state index contributed by atoms with van der Waals surface area (Å²) in [6, 6.07) is 1.81. The van der Waals surface area contributed by atoms with Crippen LogP contribution in [0.3, 0.4) is 0 Å². The van der Waals surface area contributed by atoms with E-state index in [4.69, 9.17) is 5.73 Å². The molecule has 8 heteroatoms. The summed E-state index contributed by atoms with van der Waals surface area (Å²) < 4.78 is 38.9. The molecule has 3 N–H and O–H groups in total. The highest BCUT2D eigenvalue weighted by molar-refractivity contribution is 7.20. The molecule has 0 spiro atoms. The summed E-state index contributed by atoms with van der Waals surface area (Å²) >= 11 is 1.02. The minimum absolute atomic E-state index is 0.0105. The molecule has 1 aromatic carbocycles. The topological polar surface area (TPSA) is 68.0 Å². The molecule has 1 saturated carbocycles. The molecular formula is C16H18F3N3OS. The zero-order valence-corrected chi connectivity index (χ0v) is 13.8. The van der Waals surface area contributed by atoms with Crippen LogP contribution in [-0.2, 0) is 6.18 Å². The number of nitrogens with zero attached hydrogens (tertiary/aromatic N) is 1. The molecule has 1 heterocycles. The maximum absolute atomic E-state index is 12.8. The summed E-state index contributed by atoms with van der Waals surface area (Å²) in [6.07, 6.45) is 1.30. The fraction of sp³-hybridized carbons (Fsp3) is 0.500. The molecule has 3 rings (SSSR count). The van der Waals surface area contributed by atoms with E-state index in [0.717, 1.165) is 36.3 Å². The van der Waals surface area contributed by atoms with Gasteiger partial charge in [0.25, 0.3) is 5.91 Å². The van der Waals surface area contributed by atoms with Gasteiger partial charge in [0, 0.05) is 6.54 Å². The lowest BCUT2D eigenvalue weighted by molar-refractivity contribution is -0.137. The number of fused-ring (bicyclic) bond motifs is 1. The van der Waals surface area contributed by atoms with Gasteiger partial charge in [-0.05, 0) is 30.9 Å². The number of aromatic nitrogens is 1. The number of halogens is 3. The maximum Gasteiger partial charge on any atom is 0.416 e. The molecule has 24 heavy (non-hydrogen) atoms. The van der Waals surface area contributed by atoms with Crippen molar-refractivity contribution in [3.63, 3.8) is 0 Å². The average molecular weight is 357 g/mol. The van der Waals surface area contributed by atoms with Crippen molar-refractivity contribution >= 4 is 33.1 Å². The Labute approximate surface area is 141 Å². The van der Waals surface area contributed by atoms with E-state index in [9.17, 15) is 18.0 Å². The first-order chi connectivity index (χ1) is 11.3. The zero-order valence-electron chi connectivity index (χ0n) is 12.9. The monoisotopic (exact) mass is 357 g/mol. The fourth-order valence-electron chi connectivity index (χ4n) is 3.02. The fourth-order valence-corrected chi connectivity index (χ4v) is 3.91. The molecule has 1 amide bonds. The van der Waals surface area contributed by atoms with E-state index in [1.807, 2.05) is 0 Å². The van der Waals surface area contributed by atoms with Crippen LogP contribution in [0, 0.1) is 5.92 Å². The highest BCUT2D eigenvalue weighted by atomic mass is 32.1. The van der Waals surface area contributed by atoms with Gasteiger partial charge in [-0.25, -0.2) is 4.98 Å². The quantitative estimate of drug-likeness (QED) is 0.809. The lowest BCUT2D eigenvalue weighted by atomic mass is 9.89.